The third-order valence-electron chi connectivity index (χ3n) is 6.19. The smallest absolute Gasteiger partial charge is 0.412 e. The van der Waals surface area contributed by atoms with Crippen molar-refractivity contribution in [1.29, 1.82) is 0 Å². The molecular formula is C25H28F6N2O2. The minimum absolute atomic E-state index is 0.197. The maximum atomic E-state index is 14.1. The Morgan fingerprint density at radius 2 is 1.31 bits per heavy atom. The lowest BCUT2D eigenvalue weighted by Crippen LogP contribution is -2.45. The lowest BCUT2D eigenvalue weighted by molar-refractivity contribution is -0.0879. The molecule has 2 aliphatic carbocycles. The van der Waals surface area contributed by atoms with Gasteiger partial charge in [0.25, 0.3) is 0 Å². The van der Waals surface area contributed by atoms with Crippen LogP contribution in [0.4, 0.5) is 42.5 Å². The normalized spacial score (nSPS) is 19.1. The fourth-order valence-corrected chi connectivity index (χ4v) is 4.41. The SMILES string of the molecule is CC(C)(C)N(C(=O)O)c1ccc(C2CC(F)(F)C2)c(F)c1.Nc1ccc(C2CC(F)(F)C2)c(F)c1. The highest BCUT2D eigenvalue weighted by Gasteiger charge is 2.47. The Bertz CT molecular complexity index is 1080. The Morgan fingerprint density at radius 1 is 0.886 bits per heavy atom. The van der Waals surface area contributed by atoms with Gasteiger partial charge in [0.2, 0.25) is 11.8 Å². The van der Waals surface area contributed by atoms with Gasteiger partial charge >= 0.3 is 6.09 Å². The molecule has 2 fully saturated rings. The number of halogens is 6. The van der Waals surface area contributed by atoms with E-state index in [9.17, 15) is 36.2 Å². The van der Waals surface area contributed by atoms with Gasteiger partial charge in [0.1, 0.15) is 11.6 Å². The average molecular weight is 502 g/mol. The summed E-state index contributed by atoms with van der Waals surface area (Å²) in [6.07, 6.45) is -2.41. The van der Waals surface area contributed by atoms with Gasteiger partial charge in [-0.05, 0) is 68.0 Å². The van der Waals surface area contributed by atoms with E-state index in [-0.39, 0.29) is 42.9 Å². The highest BCUT2D eigenvalue weighted by atomic mass is 19.3. The molecule has 0 aromatic heterocycles. The van der Waals surface area contributed by atoms with Gasteiger partial charge in [0, 0.05) is 36.9 Å². The Hall–Kier alpha value is -2.91. The first-order valence-corrected chi connectivity index (χ1v) is 11.1. The molecule has 0 aliphatic heterocycles. The molecule has 0 unspecified atom stereocenters. The standard InChI is InChI=1S/C15H18F3NO2.C10H10F3N/c1-14(2,3)19(13(20)21)10-4-5-11(12(16)6-10)9-7-15(17,18)8-9;11-9-3-7(14)1-2-8(9)6-4-10(12,13)5-6/h4-6,9H,7-8H2,1-3H3,(H,20,21);1-3,6H,4-5,14H2. The summed E-state index contributed by atoms with van der Waals surface area (Å²) in [6.45, 7) is 5.08. The Morgan fingerprint density at radius 3 is 1.66 bits per heavy atom. The highest BCUT2D eigenvalue weighted by molar-refractivity contribution is 5.87. The van der Waals surface area contributed by atoms with Gasteiger partial charge in [-0.1, -0.05) is 12.1 Å². The van der Waals surface area contributed by atoms with Gasteiger partial charge < -0.3 is 10.8 Å². The molecule has 0 heterocycles. The largest absolute Gasteiger partial charge is 0.465 e. The van der Waals surface area contributed by atoms with Crippen LogP contribution in [0, 0.1) is 11.6 Å². The number of nitrogens with two attached hydrogens (primary N) is 1. The first kappa shape index (κ1) is 26.7. The second kappa shape index (κ2) is 9.28. The van der Waals surface area contributed by atoms with Crippen molar-refractivity contribution in [2.45, 2.75) is 75.7 Å². The average Bonchev–Trinajstić information content (AvgIpc) is 2.63. The lowest BCUT2D eigenvalue weighted by atomic mass is 9.76. The molecule has 0 spiro atoms. The molecule has 4 rings (SSSR count). The predicted octanol–water partition coefficient (Wildman–Crippen LogP) is 7.54. The Labute approximate surface area is 199 Å². The van der Waals surface area contributed by atoms with E-state index in [2.05, 4.69) is 0 Å². The van der Waals surface area contributed by atoms with Gasteiger partial charge in [-0.2, -0.15) is 0 Å². The fourth-order valence-electron chi connectivity index (χ4n) is 4.41. The van der Waals surface area contributed by atoms with Crippen LogP contribution in [-0.4, -0.2) is 28.6 Å². The van der Waals surface area contributed by atoms with E-state index in [4.69, 9.17) is 5.73 Å². The van der Waals surface area contributed by atoms with Crippen molar-refractivity contribution in [2.24, 2.45) is 0 Å². The second-order valence-electron chi connectivity index (χ2n) is 10.2. The van der Waals surface area contributed by atoms with Gasteiger partial charge in [-0.3, -0.25) is 4.90 Å². The number of benzene rings is 2. The van der Waals surface area contributed by atoms with E-state index < -0.39 is 41.0 Å². The molecule has 2 aromatic carbocycles. The third-order valence-corrected chi connectivity index (χ3v) is 6.19. The summed E-state index contributed by atoms with van der Waals surface area (Å²) in [5, 5.41) is 9.26. The van der Waals surface area contributed by atoms with E-state index in [1.54, 1.807) is 20.8 Å². The fraction of sp³-hybridized carbons (Fsp3) is 0.480. The maximum Gasteiger partial charge on any atom is 0.412 e. The number of carboxylic acid groups (broad SMARTS) is 1. The molecule has 10 heteroatoms. The van der Waals surface area contributed by atoms with Crippen LogP contribution in [0.3, 0.4) is 0 Å². The molecule has 192 valence electrons. The van der Waals surface area contributed by atoms with E-state index in [0.717, 1.165) is 11.0 Å². The van der Waals surface area contributed by atoms with Crippen molar-refractivity contribution in [3.63, 3.8) is 0 Å². The number of nitrogens with zero attached hydrogens (tertiary/aromatic N) is 1. The van der Waals surface area contributed by atoms with Crippen molar-refractivity contribution in [3.05, 3.63) is 59.2 Å². The molecule has 0 saturated heterocycles. The Balaban J connectivity index is 0.000000211. The molecule has 4 nitrogen and oxygen atoms in total. The number of anilines is 2. The summed E-state index contributed by atoms with van der Waals surface area (Å²) in [4.78, 5) is 12.4. The van der Waals surface area contributed by atoms with Crippen molar-refractivity contribution in [3.8, 4) is 0 Å². The molecular weight excluding hydrogens is 474 g/mol. The van der Waals surface area contributed by atoms with Crippen molar-refractivity contribution in [2.75, 3.05) is 10.6 Å². The summed E-state index contributed by atoms with van der Waals surface area (Å²) >= 11 is 0. The molecule has 2 aromatic rings. The van der Waals surface area contributed by atoms with Gasteiger partial charge in [0.15, 0.2) is 0 Å². The molecule has 2 aliphatic rings. The number of hydrogen-bond acceptors (Lipinski definition) is 2. The number of rotatable bonds is 3. The van der Waals surface area contributed by atoms with E-state index >= 15 is 0 Å². The van der Waals surface area contributed by atoms with Gasteiger partial charge in [0.05, 0.1) is 5.69 Å². The summed E-state index contributed by atoms with van der Waals surface area (Å²) in [5.41, 5.74) is 5.71. The quantitative estimate of drug-likeness (QED) is 0.337. The van der Waals surface area contributed by atoms with Crippen molar-refractivity contribution in [1.82, 2.24) is 0 Å². The number of nitrogen functional groups attached to an aromatic ring is 1. The zero-order valence-electron chi connectivity index (χ0n) is 19.6. The minimum atomic E-state index is -2.71. The van der Waals surface area contributed by atoms with Crippen LogP contribution in [0.15, 0.2) is 36.4 Å². The van der Waals surface area contributed by atoms with Crippen LogP contribution in [-0.2, 0) is 0 Å². The summed E-state index contributed by atoms with van der Waals surface area (Å²) < 4.78 is 78.2. The van der Waals surface area contributed by atoms with Crippen LogP contribution in [0.5, 0.6) is 0 Å². The summed E-state index contributed by atoms with van der Waals surface area (Å²) in [7, 11) is 0. The molecule has 2 saturated carbocycles. The Kier molecular flexibility index (Phi) is 7.07. The highest BCUT2D eigenvalue weighted by Crippen LogP contribution is 2.50. The summed E-state index contributed by atoms with van der Waals surface area (Å²) in [5.74, 6) is -7.30. The van der Waals surface area contributed by atoms with Gasteiger partial charge in [-0.15, -0.1) is 0 Å². The molecule has 35 heavy (non-hydrogen) atoms. The number of amides is 1. The zero-order valence-corrected chi connectivity index (χ0v) is 19.6. The van der Waals surface area contributed by atoms with Crippen LogP contribution in [0.25, 0.3) is 0 Å². The second-order valence-corrected chi connectivity index (χ2v) is 10.2. The van der Waals surface area contributed by atoms with Crippen LogP contribution in [0.1, 0.15) is 69.4 Å². The molecule has 0 bridgehead atoms. The van der Waals surface area contributed by atoms with E-state index in [1.165, 1.54) is 30.3 Å². The van der Waals surface area contributed by atoms with Crippen LogP contribution >= 0.6 is 0 Å². The maximum absolute atomic E-state index is 14.1. The van der Waals surface area contributed by atoms with Crippen LogP contribution in [0.2, 0.25) is 0 Å². The predicted molar refractivity (Wildman–Crippen MR) is 121 cm³/mol. The summed E-state index contributed by atoms with van der Waals surface area (Å²) in [6, 6.07) is 8.18. The molecule has 0 atom stereocenters. The monoisotopic (exact) mass is 502 g/mol. The number of hydrogen-bond donors (Lipinski definition) is 2. The van der Waals surface area contributed by atoms with Crippen molar-refractivity contribution >= 4 is 17.5 Å². The molecule has 0 radical (unpaired) electrons. The number of alkyl halides is 4. The molecule has 3 N–H and O–H groups in total. The minimum Gasteiger partial charge on any atom is -0.465 e. The zero-order chi connectivity index (χ0) is 26.3. The van der Waals surface area contributed by atoms with E-state index in [0.29, 0.717) is 11.3 Å². The third kappa shape index (κ3) is 6.21. The first-order valence-electron chi connectivity index (χ1n) is 11.1. The van der Waals surface area contributed by atoms with Crippen molar-refractivity contribution < 1.29 is 36.2 Å². The van der Waals surface area contributed by atoms with Crippen LogP contribution < -0.4 is 10.6 Å². The lowest BCUT2D eigenvalue weighted by Gasteiger charge is -2.36. The first-order chi connectivity index (χ1) is 16.0. The molecule has 1 amide bonds. The van der Waals surface area contributed by atoms with E-state index in [1.807, 2.05) is 0 Å². The topological polar surface area (TPSA) is 66.6 Å². The van der Waals surface area contributed by atoms with Gasteiger partial charge in [-0.25, -0.2) is 31.1 Å². The number of carbonyl (C=O) groups is 1.